The predicted molar refractivity (Wildman–Crippen MR) is 126 cm³/mol. The van der Waals surface area contributed by atoms with Crippen molar-refractivity contribution in [3.63, 3.8) is 0 Å². The molecule has 1 aliphatic rings. The Labute approximate surface area is 193 Å². The number of rotatable bonds is 9. The molecule has 0 saturated heterocycles. The Morgan fingerprint density at radius 2 is 1.94 bits per heavy atom. The third-order valence-electron chi connectivity index (χ3n) is 5.10. The van der Waals surface area contributed by atoms with Crippen LogP contribution in [0.1, 0.15) is 12.8 Å². The van der Waals surface area contributed by atoms with Gasteiger partial charge in [-0.3, -0.25) is 4.79 Å². The van der Waals surface area contributed by atoms with Gasteiger partial charge in [0.1, 0.15) is 12.4 Å². The Kier molecular flexibility index (Phi) is 8.75. The van der Waals surface area contributed by atoms with Gasteiger partial charge in [0.2, 0.25) is 5.91 Å². The van der Waals surface area contributed by atoms with Gasteiger partial charge in [0, 0.05) is 42.0 Å². The summed E-state index contributed by atoms with van der Waals surface area (Å²) in [4.78, 5) is 18.0. The van der Waals surface area contributed by atoms with Gasteiger partial charge in [-0.25, -0.2) is 0 Å². The molecule has 8 heteroatoms. The molecule has 0 aliphatic carbocycles. The van der Waals surface area contributed by atoms with E-state index in [-0.39, 0.29) is 5.91 Å². The molecule has 0 radical (unpaired) electrons. The molecule has 1 amide bonds. The molecule has 31 heavy (non-hydrogen) atoms. The quantitative estimate of drug-likeness (QED) is 0.541. The molecule has 0 atom stereocenters. The number of anilines is 1. The summed E-state index contributed by atoms with van der Waals surface area (Å²) in [5.41, 5.74) is 0.969. The Hall–Kier alpha value is -2.09. The highest BCUT2D eigenvalue weighted by Gasteiger charge is 2.22. The van der Waals surface area contributed by atoms with Crippen LogP contribution in [0.15, 0.2) is 41.3 Å². The predicted octanol–water partition coefficient (Wildman–Crippen LogP) is 4.59. The zero-order valence-electron chi connectivity index (χ0n) is 18.2. The molecule has 3 rings (SSSR count). The lowest BCUT2D eigenvalue weighted by atomic mass is 10.2. The molecule has 2 aromatic rings. The summed E-state index contributed by atoms with van der Waals surface area (Å²) in [6, 6.07) is 11.2. The molecular weight excluding hydrogens is 436 g/mol. The van der Waals surface area contributed by atoms with Crippen LogP contribution in [-0.4, -0.2) is 64.1 Å². The van der Waals surface area contributed by atoms with E-state index < -0.39 is 0 Å². The third-order valence-corrected chi connectivity index (χ3v) is 6.47. The van der Waals surface area contributed by atoms with Crippen molar-refractivity contribution in [2.24, 2.45) is 0 Å². The van der Waals surface area contributed by atoms with Gasteiger partial charge in [-0.1, -0.05) is 11.6 Å². The van der Waals surface area contributed by atoms with Crippen LogP contribution >= 0.6 is 23.4 Å². The van der Waals surface area contributed by atoms with E-state index in [1.807, 2.05) is 48.3 Å². The highest BCUT2D eigenvalue weighted by Crippen LogP contribution is 2.36. The molecule has 1 heterocycles. The minimum Gasteiger partial charge on any atom is -0.493 e. The lowest BCUT2D eigenvalue weighted by molar-refractivity contribution is -0.118. The number of carbonyl (C=O) groups is 1. The second-order valence-electron chi connectivity index (χ2n) is 7.28. The Morgan fingerprint density at radius 1 is 1.13 bits per heavy atom. The van der Waals surface area contributed by atoms with Crippen LogP contribution < -0.4 is 19.1 Å². The van der Waals surface area contributed by atoms with Crippen LogP contribution in [0.25, 0.3) is 0 Å². The second-order valence-corrected chi connectivity index (χ2v) is 8.85. The number of hydrogen-bond acceptors (Lipinski definition) is 6. The summed E-state index contributed by atoms with van der Waals surface area (Å²) in [7, 11) is 5.20. The number of likely N-dealkylation sites (N-methyl/N-ethyl adjacent to an activating group) is 1. The molecule has 1 aliphatic heterocycles. The Morgan fingerprint density at radius 3 is 2.71 bits per heavy atom. The van der Waals surface area contributed by atoms with E-state index >= 15 is 0 Å². The smallest absolute Gasteiger partial charge is 0.228 e. The van der Waals surface area contributed by atoms with Crippen LogP contribution in [0.3, 0.4) is 0 Å². The van der Waals surface area contributed by atoms with Gasteiger partial charge in [-0.2, -0.15) is 0 Å². The van der Waals surface area contributed by atoms with Crippen LogP contribution in [0.2, 0.25) is 5.02 Å². The van der Waals surface area contributed by atoms with E-state index in [0.717, 1.165) is 35.1 Å². The van der Waals surface area contributed by atoms with Crippen molar-refractivity contribution in [2.75, 3.05) is 58.2 Å². The summed E-state index contributed by atoms with van der Waals surface area (Å²) in [5, 5.41) is 0.703. The number of hydrogen-bond donors (Lipinski definition) is 0. The standard InChI is InChI=1S/C23H29ClN2O4S/c1-25(12-13-30-18-6-8-20(28-2)21(16-18)29-3)11-9-23(27)26-10-4-14-31-22-15-17(24)5-7-19(22)26/h5-8,15-16H,4,9-14H2,1-3H3. The van der Waals surface area contributed by atoms with Crippen molar-refractivity contribution in [3.8, 4) is 17.2 Å². The van der Waals surface area contributed by atoms with E-state index in [4.69, 9.17) is 25.8 Å². The van der Waals surface area contributed by atoms with Gasteiger partial charge in [0.15, 0.2) is 11.5 Å². The van der Waals surface area contributed by atoms with Gasteiger partial charge in [0.05, 0.1) is 19.9 Å². The van der Waals surface area contributed by atoms with Crippen LogP contribution in [0.4, 0.5) is 5.69 Å². The first kappa shape index (κ1) is 23.6. The maximum atomic E-state index is 12.9. The van der Waals surface area contributed by atoms with Crippen molar-refractivity contribution < 1.29 is 19.0 Å². The van der Waals surface area contributed by atoms with E-state index in [2.05, 4.69) is 4.90 Å². The SMILES string of the molecule is COc1ccc(OCCN(C)CCC(=O)N2CCCSc3cc(Cl)ccc32)cc1OC. The van der Waals surface area contributed by atoms with Gasteiger partial charge < -0.3 is 24.0 Å². The van der Waals surface area contributed by atoms with Crippen molar-refractivity contribution in [1.29, 1.82) is 0 Å². The average Bonchev–Trinajstić information content (AvgIpc) is 2.99. The number of carbonyl (C=O) groups excluding carboxylic acids is 1. The largest absolute Gasteiger partial charge is 0.493 e. The highest BCUT2D eigenvalue weighted by atomic mass is 35.5. The zero-order chi connectivity index (χ0) is 22.2. The molecule has 2 aromatic carbocycles. The molecule has 0 unspecified atom stereocenters. The number of fused-ring (bicyclic) bond motifs is 1. The fourth-order valence-electron chi connectivity index (χ4n) is 3.37. The summed E-state index contributed by atoms with van der Waals surface area (Å²) in [6.07, 6.45) is 1.43. The minimum atomic E-state index is 0.138. The van der Waals surface area contributed by atoms with Crippen molar-refractivity contribution in [2.45, 2.75) is 17.7 Å². The Balaban J connectivity index is 1.48. The van der Waals surface area contributed by atoms with E-state index in [0.29, 0.717) is 42.6 Å². The van der Waals surface area contributed by atoms with Crippen molar-refractivity contribution >= 4 is 35.0 Å². The summed E-state index contributed by atoms with van der Waals surface area (Å²) >= 11 is 7.90. The molecule has 0 saturated carbocycles. The van der Waals surface area contributed by atoms with Gasteiger partial charge >= 0.3 is 0 Å². The minimum absolute atomic E-state index is 0.138. The van der Waals surface area contributed by atoms with Gasteiger partial charge in [-0.05, 0) is 49.6 Å². The fraction of sp³-hybridized carbons (Fsp3) is 0.435. The summed E-state index contributed by atoms with van der Waals surface area (Å²) in [6.45, 7) is 2.64. The van der Waals surface area contributed by atoms with Gasteiger partial charge in [-0.15, -0.1) is 11.8 Å². The summed E-state index contributed by atoms with van der Waals surface area (Å²) < 4.78 is 16.4. The number of ether oxygens (including phenoxy) is 3. The molecule has 0 N–H and O–H groups in total. The molecule has 0 spiro atoms. The molecule has 0 fully saturated rings. The van der Waals surface area contributed by atoms with Gasteiger partial charge in [0.25, 0.3) is 0 Å². The normalized spacial score (nSPS) is 13.5. The number of amides is 1. The monoisotopic (exact) mass is 464 g/mol. The number of nitrogens with zero attached hydrogens (tertiary/aromatic N) is 2. The molecule has 6 nitrogen and oxygen atoms in total. The lowest BCUT2D eigenvalue weighted by Crippen LogP contribution is -2.35. The first-order valence-corrected chi connectivity index (χ1v) is 11.6. The van der Waals surface area contributed by atoms with E-state index in [1.54, 1.807) is 26.0 Å². The maximum absolute atomic E-state index is 12.9. The topological polar surface area (TPSA) is 51.2 Å². The third kappa shape index (κ3) is 6.45. The zero-order valence-corrected chi connectivity index (χ0v) is 19.8. The maximum Gasteiger partial charge on any atom is 0.228 e. The van der Waals surface area contributed by atoms with Crippen molar-refractivity contribution in [1.82, 2.24) is 4.90 Å². The molecular formula is C23H29ClN2O4S. The van der Waals surface area contributed by atoms with Crippen molar-refractivity contribution in [3.05, 3.63) is 41.4 Å². The number of methoxy groups -OCH3 is 2. The van der Waals surface area contributed by atoms with E-state index in [9.17, 15) is 4.79 Å². The number of benzene rings is 2. The lowest BCUT2D eigenvalue weighted by Gasteiger charge is -2.24. The van der Waals surface area contributed by atoms with Crippen LogP contribution in [-0.2, 0) is 4.79 Å². The van der Waals surface area contributed by atoms with Crippen LogP contribution in [0, 0.1) is 0 Å². The molecule has 0 bridgehead atoms. The first-order chi connectivity index (χ1) is 15.0. The number of thioether (sulfide) groups is 1. The van der Waals surface area contributed by atoms with E-state index in [1.165, 1.54) is 0 Å². The summed E-state index contributed by atoms with van der Waals surface area (Å²) in [5.74, 6) is 3.15. The molecule has 168 valence electrons. The highest BCUT2D eigenvalue weighted by molar-refractivity contribution is 7.99. The Bertz CT molecular complexity index is 896. The number of halogens is 1. The second kappa shape index (κ2) is 11.5. The first-order valence-electron chi connectivity index (χ1n) is 10.3. The molecule has 0 aromatic heterocycles. The fourth-order valence-corrected chi connectivity index (χ4v) is 4.64. The average molecular weight is 465 g/mol. The van der Waals surface area contributed by atoms with Crippen LogP contribution in [0.5, 0.6) is 17.2 Å².